The van der Waals surface area contributed by atoms with Crippen molar-refractivity contribution in [2.24, 2.45) is 0 Å². The van der Waals surface area contributed by atoms with Crippen molar-refractivity contribution in [3.05, 3.63) is 71.4 Å². The molecule has 160 valence electrons. The number of amides is 2. The maximum absolute atomic E-state index is 12.3. The molecule has 2 aromatic rings. The van der Waals surface area contributed by atoms with Crippen molar-refractivity contribution in [2.75, 3.05) is 19.4 Å². The first-order chi connectivity index (χ1) is 14.1. The second-order valence-electron chi connectivity index (χ2n) is 6.96. The van der Waals surface area contributed by atoms with E-state index >= 15 is 0 Å². The summed E-state index contributed by atoms with van der Waals surface area (Å²) in [7, 11) is -3.52. The highest BCUT2D eigenvalue weighted by molar-refractivity contribution is 7.90. The van der Waals surface area contributed by atoms with Gasteiger partial charge >= 0.3 is 0 Å². The van der Waals surface area contributed by atoms with Gasteiger partial charge in [-0.3, -0.25) is 9.59 Å². The van der Waals surface area contributed by atoms with Gasteiger partial charge in [-0.25, -0.2) is 8.42 Å². The van der Waals surface area contributed by atoms with Gasteiger partial charge in [0.15, 0.2) is 16.4 Å². The van der Waals surface area contributed by atoms with Crippen LogP contribution in [-0.2, 0) is 14.6 Å². The lowest BCUT2D eigenvalue weighted by molar-refractivity contribution is -0.122. The summed E-state index contributed by atoms with van der Waals surface area (Å²) < 4.78 is 29.1. The molecule has 0 bridgehead atoms. The fourth-order valence-corrected chi connectivity index (χ4v) is 3.53. The summed E-state index contributed by atoms with van der Waals surface area (Å²) in [6, 6.07) is 11.6. The van der Waals surface area contributed by atoms with E-state index in [9.17, 15) is 18.0 Å². The first-order valence-electron chi connectivity index (χ1n) is 9.33. The quantitative estimate of drug-likeness (QED) is 0.637. The minimum Gasteiger partial charge on any atom is -0.484 e. The summed E-state index contributed by atoms with van der Waals surface area (Å²) in [6.07, 6.45) is 1.35. The number of hydrogen-bond acceptors (Lipinski definition) is 5. The number of hydrogen-bond donors (Lipinski definition) is 2. The number of carbonyl (C=O) groups excluding carboxylic acids is 2. The van der Waals surface area contributed by atoms with Crippen molar-refractivity contribution < 1.29 is 22.7 Å². The maximum Gasteiger partial charge on any atom is 0.262 e. The summed E-state index contributed by atoms with van der Waals surface area (Å²) in [5, 5.41) is 5.26. The molecule has 0 saturated carbocycles. The Morgan fingerprint density at radius 3 is 2.43 bits per heavy atom. The van der Waals surface area contributed by atoms with Gasteiger partial charge in [-0.1, -0.05) is 24.8 Å². The van der Waals surface area contributed by atoms with Gasteiger partial charge in [-0.15, -0.1) is 0 Å². The molecule has 30 heavy (non-hydrogen) atoms. The molecule has 0 aliphatic heterocycles. The molecule has 8 heteroatoms. The molecule has 0 heterocycles. The molecule has 2 rings (SSSR count). The van der Waals surface area contributed by atoms with Crippen molar-refractivity contribution in [1.82, 2.24) is 10.6 Å². The Bertz CT molecular complexity index is 1060. The highest BCUT2D eigenvalue weighted by Crippen LogP contribution is 2.16. The Hall–Kier alpha value is -3.13. The minimum atomic E-state index is -3.52. The summed E-state index contributed by atoms with van der Waals surface area (Å²) in [5.74, 6) is -0.254. The molecular formula is C22H26N2O5S. The van der Waals surface area contributed by atoms with E-state index in [2.05, 4.69) is 17.2 Å². The van der Waals surface area contributed by atoms with E-state index in [0.717, 1.165) is 17.4 Å². The average Bonchev–Trinajstić information content (AvgIpc) is 2.68. The lowest BCUT2D eigenvalue weighted by Crippen LogP contribution is -2.31. The number of rotatable bonds is 9. The normalized spacial score (nSPS) is 10.9. The zero-order valence-electron chi connectivity index (χ0n) is 17.3. The van der Waals surface area contributed by atoms with Crippen LogP contribution in [0.4, 0.5) is 0 Å². The fourth-order valence-electron chi connectivity index (χ4n) is 2.65. The molecule has 0 spiro atoms. The zero-order chi connectivity index (χ0) is 22.3. The number of carbonyl (C=O) groups is 2. The fraction of sp³-hybridized carbons (Fsp3) is 0.273. The Labute approximate surface area is 177 Å². The van der Waals surface area contributed by atoms with Gasteiger partial charge in [-0.2, -0.15) is 0 Å². The number of sulfone groups is 1. The zero-order valence-corrected chi connectivity index (χ0v) is 18.1. The van der Waals surface area contributed by atoms with Crippen LogP contribution in [0.15, 0.2) is 59.6 Å². The van der Waals surface area contributed by atoms with Crippen LogP contribution in [0.3, 0.4) is 0 Å². The van der Waals surface area contributed by atoms with E-state index in [-0.39, 0.29) is 29.5 Å². The molecule has 0 aliphatic carbocycles. The van der Waals surface area contributed by atoms with Crippen LogP contribution in [0.25, 0.3) is 0 Å². The highest BCUT2D eigenvalue weighted by Gasteiger charge is 2.17. The summed E-state index contributed by atoms with van der Waals surface area (Å²) in [5.41, 5.74) is 2.71. The molecule has 2 aromatic carbocycles. The molecule has 0 aromatic heterocycles. The van der Waals surface area contributed by atoms with E-state index in [0.29, 0.717) is 17.9 Å². The first kappa shape index (κ1) is 23.2. The predicted molar refractivity (Wildman–Crippen MR) is 115 cm³/mol. The monoisotopic (exact) mass is 430 g/mol. The van der Waals surface area contributed by atoms with E-state index in [1.807, 2.05) is 26.0 Å². The van der Waals surface area contributed by atoms with Gasteiger partial charge in [0.2, 0.25) is 0 Å². The van der Waals surface area contributed by atoms with Crippen molar-refractivity contribution in [3.63, 3.8) is 0 Å². The van der Waals surface area contributed by atoms with Crippen molar-refractivity contribution in [1.29, 1.82) is 0 Å². The molecular weight excluding hydrogens is 404 g/mol. The number of benzene rings is 2. The van der Waals surface area contributed by atoms with Crippen LogP contribution < -0.4 is 15.4 Å². The summed E-state index contributed by atoms with van der Waals surface area (Å²) in [6.45, 7) is 7.76. The summed E-state index contributed by atoms with van der Waals surface area (Å²) >= 11 is 0. The van der Waals surface area contributed by atoms with Crippen molar-refractivity contribution >= 4 is 21.7 Å². The third kappa shape index (κ3) is 6.73. The molecule has 7 nitrogen and oxygen atoms in total. The average molecular weight is 431 g/mol. The van der Waals surface area contributed by atoms with Crippen LogP contribution in [0.2, 0.25) is 0 Å². The Morgan fingerprint density at radius 2 is 1.77 bits per heavy atom. The maximum atomic E-state index is 12.3. The van der Waals surface area contributed by atoms with Crippen LogP contribution in [0.5, 0.6) is 5.75 Å². The standard InChI is InChI=1S/C22H26N2O5S/c1-15-9-10-18(13-16(15)2)29-14-21(25)24-17(3)11-12-23-22(26)19-7-5-6-8-20(19)30(4,27)28/h5-10,13H,3,11-12,14H2,1-2,4H3,(H,23,26)(H,24,25). The van der Waals surface area contributed by atoms with Crippen LogP contribution in [0, 0.1) is 13.8 Å². The number of aryl methyl sites for hydroxylation is 2. The largest absolute Gasteiger partial charge is 0.484 e. The van der Waals surface area contributed by atoms with Gasteiger partial charge in [0.25, 0.3) is 11.8 Å². The number of ether oxygens (including phenoxy) is 1. The Kier molecular flexibility index (Phi) is 7.77. The predicted octanol–water partition coefficient (Wildman–Crippen LogP) is 2.54. The molecule has 0 atom stereocenters. The van der Waals surface area contributed by atoms with Crippen molar-refractivity contribution in [2.45, 2.75) is 25.2 Å². The molecule has 0 saturated heterocycles. The van der Waals surface area contributed by atoms with Crippen LogP contribution >= 0.6 is 0 Å². The highest BCUT2D eigenvalue weighted by atomic mass is 32.2. The Morgan fingerprint density at radius 1 is 1.07 bits per heavy atom. The lowest BCUT2D eigenvalue weighted by atomic mass is 10.1. The molecule has 0 radical (unpaired) electrons. The first-order valence-corrected chi connectivity index (χ1v) is 11.2. The van der Waals surface area contributed by atoms with Gasteiger partial charge in [0.1, 0.15) is 5.75 Å². The lowest BCUT2D eigenvalue weighted by Gasteiger charge is -2.12. The third-order valence-corrected chi connectivity index (χ3v) is 5.56. The van der Waals surface area contributed by atoms with Gasteiger partial charge in [-0.05, 0) is 49.2 Å². The topological polar surface area (TPSA) is 102 Å². The molecule has 2 amide bonds. The van der Waals surface area contributed by atoms with Crippen LogP contribution in [-0.4, -0.2) is 39.6 Å². The van der Waals surface area contributed by atoms with E-state index < -0.39 is 15.7 Å². The Balaban J connectivity index is 1.79. The third-order valence-electron chi connectivity index (χ3n) is 4.41. The molecule has 0 unspecified atom stereocenters. The van der Waals surface area contributed by atoms with Gasteiger partial charge < -0.3 is 15.4 Å². The van der Waals surface area contributed by atoms with E-state index in [1.54, 1.807) is 18.2 Å². The van der Waals surface area contributed by atoms with Crippen molar-refractivity contribution in [3.8, 4) is 5.75 Å². The summed E-state index contributed by atoms with van der Waals surface area (Å²) in [4.78, 5) is 24.3. The smallest absolute Gasteiger partial charge is 0.262 e. The second kappa shape index (κ2) is 10.1. The SMILES string of the molecule is C=C(CCNC(=O)c1ccccc1S(C)(=O)=O)NC(=O)COc1ccc(C)c(C)c1. The molecule has 0 aliphatic rings. The molecule has 2 N–H and O–H groups in total. The number of nitrogens with one attached hydrogen (secondary N) is 2. The van der Waals surface area contributed by atoms with Crippen LogP contribution in [0.1, 0.15) is 27.9 Å². The van der Waals surface area contributed by atoms with Gasteiger partial charge in [0.05, 0.1) is 10.5 Å². The van der Waals surface area contributed by atoms with Gasteiger partial charge in [0, 0.05) is 24.9 Å². The van der Waals surface area contributed by atoms with E-state index in [4.69, 9.17) is 4.74 Å². The molecule has 0 fully saturated rings. The minimum absolute atomic E-state index is 0.0295. The van der Waals surface area contributed by atoms with E-state index in [1.165, 1.54) is 12.1 Å². The second-order valence-corrected chi connectivity index (χ2v) is 8.94.